The fraction of sp³-hybridized carbons (Fsp3) is 0.273. The predicted octanol–water partition coefficient (Wildman–Crippen LogP) is 4.61. The fourth-order valence-electron chi connectivity index (χ4n) is 3.44. The van der Waals surface area contributed by atoms with Crippen LogP contribution in [-0.2, 0) is 6.42 Å². The van der Waals surface area contributed by atoms with Gasteiger partial charge in [0.15, 0.2) is 5.69 Å². The number of thiophene rings is 1. The molecule has 5 rings (SSSR count). The van der Waals surface area contributed by atoms with Gasteiger partial charge in [-0.1, -0.05) is 23.4 Å². The Balaban J connectivity index is 1.25. The molecule has 3 aromatic heterocycles. The Morgan fingerprint density at radius 2 is 2.03 bits per heavy atom. The average Bonchev–Trinajstić information content (AvgIpc) is 3.15. The predicted molar refractivity (Wildman–Crippen MR) is 120 cm³/mol. The summed E-state index contributed by atoms with van der Waals surface area (Å²) in [6.45, 7) is 2.58. The number of hydrogen-bond donors (Lipinski definition) is 1. The number of aromatic nitrogens is 4. The molecule has 1 aliphatic rings. The molecule has 1 saturated carbocycles. The van der Waals surface area contributed by atoms with E-state index in [-0.39, 0.29) is 5.91 Å². The summed E-state index contributed by atoms with van der Waals surface area (Å²) in [6.07, 6.45) is 2.94. The van der Waals surface area contributed by atoms with Crippen LogP contribution in [0.4, 0.5) is 0 Å². The number of aryl methyl sites for hydroxylation is 1. The van der Waals surface area contributed by atoms with Crippen LogP contribution >= 0.6 is 22.7 Å². The van der Waals surface area contributed by atoms with E-state index < -0.39 is 0 Å². The number of thiazole rings is 1. The second-order valence-corrected chi connectivity index (χ2v) is 9.60. The van der Waals surface area contributed by atoms with Gasteiger partial charge in [-0.3, -0.25) is 4.79 Å². The largest absolute Gasteiger partial charge is 0.350 e. The number of amides is 1. The molecule has 6 nitrogen and oxygen atoms in total. The number of benzene rings is 1. The topological polar surface area (TPSA) is 72.7 Å². The van der Waals surface area contributed by atoms with Crippen molar-refractivity contribution in [2.75, 3.05) is 6.54 Å². The Labute approximate surface area is 182 Å². The zero-order valence-corrected chi connectivity index (χ0v) is 18.2. The van der Waals surface area contributed by atoms with E-state index in [1.54, 1.807) is 22.7 Å². The van der Waals surface area contributed by atoms with Gasteiger partial charge in [0.2, 0.25) is 0 Å². The van der Waals surface area contributed by atoms with Gasteiger partial charge < -0.3 is 5.32 Å². The molecule has 1 amide bonds. The molecule has 30 heavy (non-hydrogen) atoms. The second-order valence-electron chi connectivity index (χ2n) is 7.37. The first-order valence-electron chi connectivity index (χ1n) is 9.99. The van der Waals surface area contributed by atoms with Crippen LogP contribution in [0.1, 0.15) is 44.8 Å². The van der Waals surface area contributed by atoms with E-state index in [4.69, 9.17) is 0 Å². The molecule has 0 radical (unpaired) electrons. The average molecular weight is 436 g/mol. The summed E-state index contributed by atoms with van der Waals surface area (Å²) >= 11 is 3.39. The van der Waals surface area contributed by atoms with Gasteiger partial charge in [0, 0.05) is 22.7 Å². The van der Waals surface area contributed by atoms with E-state index in [9.17, 15) is 4.79 Å². The van der Waals surface area contributed by atoms with Gasteiger partial charge >= 0.3 is 0 Å². The second kappa shape index (κ2) is 8.12. The molecule has 1 N–H and O–H groups in total. The fourth-order valence-corrected chi connectivity index (χ4v) is 5.10. The number of hydrogen-bond acceptors (Lipinski definition) is 6. The van der Waals surface area contributed by atoms with Gasteiger partial charge in [-0.25, -0.2) is 9.67 Å². The van der Waals surface area contributed by atoms with Crippen molar-refractivity contribution in [3.8, 4) is 16.3 Å². The van der Waals surface area contributed by atoms with Crippen LogP contribution in [0.15, 0.2) is 47.8 Å². The third-order valence-corrected chi connectivity index (χ3v) is 7.02. The van der Waals surface area contributed by atoms with Gasteiger partial charge in [-0.2, -0.15) is 0 Å². The summed E-state index contributed by atoms with van der Waals surface area (Å²) in [7, 11) is 0. The molecule has 0 bridgehead atoms. The highest BCUT2D eigenvalue weighted by Crippen LogP contribution is 2.42. The standard InChI is InChI=1S/C22H21N5OS2/c1-14-24-18(13-29-14)19-10-9-17(30-19)11-12-23-22(28)20-21(15-7-8-15)27(26-25-20)16-5-3-2-4-6-16/h2-6,9-10,13,15H,7-8,11-12H2,1H3,(H,23,28). The number of rotatable bonds is 7. The van der Waals surface area contributed by atoms with Crippen molar-refractivity contribution in [2.45, 2.75) is 32.1 Å². The van der Waals surface area contributed by atoms with Crippen LogP contribution in [-0.4, -0.2) is 32.4 Å². The monoisotopic (exact) mass is 435 g/mol. The van der Waals surface area contributed by atoms with Crippen LogP contribution in [0.2, 0.25) is 0 Å². The van der Waals surface area contributed by atoms with Crippen molar-refractivity contribution >= 4 is 28.6 Å². The van der Waals surface area contributed by atoms with E-state index >= 15 is 0 Å². The summed E-state index contributed by atoms with van der Waals surface area (Å²) in [5, 5.41) is 14.7. The van der Waals surface area contributed by atoms with E-state index in [0.29, 0.717) is 18.2 Å². The highest BCUT2D eigenvalue weighted by molar-refractivity contribution is 7.16. The minimum Gasteiger partial charge on any atom is -0.350 e. The highest BCUT2D eigenvalue weighted by Gasteiger charge is 2.34. The lowest BCUT2D eigenvalue weighted by Crippen LogP contribution is -2.27. The zero-order valence-electron chi connectivity index (χ0n) is 16.5. The lowest BCUT2D eigenvalue weighted by Gasteiger charge is -2.07. The molecule has 0 atom stereocenters. The van der Waals surface area contributed by atoms with Gasteiger partial charge in [0.25, 0.3) is 5.91 Å². The van der Waals surface area contributed by atoms with Gasteiger partial charge in [-0.05, 0) is 50.5 Å². The first-order valence-corrected chi connectivity index (χ1v) is 11.7. The molecule has 0 aliphatic heterocycles. The minimum absolute atomic E-state index is 0.147. The molecule has 8 heteroatoms. The molecular formula is C22H21N5OS2. The van der Waals surface area contributed by atoms with Crippen molar-refractivity contribution in [1.82, 2.24) is 25.3 Å². The first kappa shape index (κ1) is 19.1. The summed E-state index contributed by atoms with van der Waals surface area (Å²) < 4.78 is 1.81. The summed E-state index contributed by atoms with van der Waals surface area (Å²) in [6, 6.07) is 14.1. The minimum atomic E-state index is -0.147. The Morgan fingerprint density at radius 3 is 2.77 bits per heavy atom. The maximum Gasteiger partial charge on any atom is 0.273 e. The van der Waals surface area contributed by atoms with Crippen molar-refractivity contribution in [3.05, 3.63) is 69.1 Å². The molecule has 0 saturated heterocycles. The number of nitrogens with zero attached hydrogens (tertiary/aromatic N) is 4. The summed E-state index contributed by atoms with van der Waals surface area (Å²) in [5.74, 6) is 0.216. The molecule has 4 aromatic rings. The summed E-state index contributed by atoms with van der Waals surface area (Å²) in [4.78, 5) is 19.8. The number of para-hydroxylation sites is 1. The number of nitrogens with one attached hydrogen (secondary N) is 1. The smallest absolute Gasteiger partial charge is 0.273 e. The molecule has 1 aromatic carbocycles. The van der Waals surface area contributed by atoms with Crippen molar-refractivity contribution in [3.63, 3.8) is 0 Å². The SMILES string of the molecule is Cc1nc(-c2ccc(CCNC(=O)c3nnn(-c4ccccc4)c3C3CC3)s2)cs1. The maximum absolute atomic E-state index is 12.8. The van der Waals surface area contributed by atoms with E-state index in [0.717, 1.165) is 41.3 Å². The lowest BCUT2D eigenvalue weighted by atomic mass is 10.2. The quantitative estimate of drug-likeness (QED) is 0.460. The number of carbonyl (C=O) groups is 1. The van der Waals surface area contributed by atoms with Gasteiger partial charge in [0.1, 0.15) is 0 Å². The zero-order chi connectivity index (χ0) is 20.5. The Kier molecular flexibility index (Phi) is 5.18. The molecular weight excluding hydrogens is 414 g/mol. The first-order chi connectivity index (χ1) is 14.7. The molecule has 1 aliphatic carbocycles. The molecule has 0 unspecified atom stereocenters. The van der Waals surface area contributed by atoms with Crippen LogP contribution in [0.3, 0.4) is 0 Å². The van der Waals surface area contributed by atoms with Crippen molar-refractivity contribution in [1.29, 1.82) is 0 Å². The number of carbonyl (C=O) groups excluding carboxylic acids is 1. The molecule has 1 fully saturated rings. The summed E-state index contributed by atoms with van der Waals surface area (Å²) in [5.41, 5.74) is 3.35. The van der Waals surface area contributed by atoms with Gasteiger partial charge in [-0.15, -0.1) is 27.8 Å². The van der Waals surface area contributed by atoms with Gasteiger partial charge in [0.05, 0.1) is 27.0 Å². The maximum atomic E-state index is 12.8. The molecule has 152 valence electrons. The normalized spacial score (nSPS) is 13.5. The lowest BCUT2D eigenvalue weighted by molar-refractivity contribution is 0.0948. The van der Waals surface area contributed by atoms with Crippen molar-refractivity contribution in [2.24, 2.45) is 0 Å². The van der Waals surface area contributed by atoms with E-state index in [2.05, 4.69) is 38.1 Å². The van der Waals surface area contributed by atoms with Crippen LogP contribution in [0.25, 0.3) is 16.3 Å². The molecule has 0 spiro atoms. The van der Waals surface area contributed by atoms with Crippen molar-refractivity contribution < 1.29 is 4.79 Å². The van der Waals surface area contributed by atoms with Crippen LogP contribution < -0.4 is 5.32 Å². The van der Waals surface area contributed by atoms with E-state index in [1.165, 1.54) is 9.75 Å². The Morgan fingerprint density at radius 1 is 1.20 bits per heavy atom. The van der Waals surface area contributed by atoms with E-state index in [1.807, 2.05) is 41.9 Å². The van der Waals surface area contributed by atoms with Crippen LogP contribution in [0, 0.1) is 6.92 Å². The third kappa shape index (κ3) is 3.93. The van der Waals surface area contributed by atoms with Crippen LogP contribution in [0.5, 0.6) is 0 Å². The Bertz CT molecular complexity index is 1170. The Hall–Kier alpha value is -2.84. The highest BCUT2D eigenvalue weighted by atomic mass is 32.1. The third-order valence-electron chi connectivity index (χ3n) is 5.07. The molecule has 3 heterocycles.